The van der Waals surface area contributed by atoms with Gasteiger partial charge in [-0.25, -0.2) is 0 Å². The van der Waals surface area contributed by atoms with Crippen LogP contribution in [0.4, 0.5) is 5.88 Å². The summed E-state index contributed by atoms with van der Waals surface area (Å²) in [5, 5.41) is 10.6. The Morgan fingerprint density at radius 2 is 2.40 bits per heavy atom. The standard InChI is InChI=1S/C13H18N2O5/c1-2-19-13(16)10-4-3-7-14(8-10)9-11-5-6-12(20-11)15(17)18/h5-6,10H,2-4,7-9H2,1H3. The van der Waals surface area contributed by atoms with Gasteiger partial charge in [-0.05, 0) is 32.4 Å². The van der Waals surface area contributed by atoms with Crippen molar-refractivity contribution >= 4 is 11.9 Å². The summed E-state index contributed by atoms with van der Waals surface area (Å²) in [6, 6.07) is 2.95. The number of esters is 1. The molecule has 0 amide bonds. The molecule has 1 fully saturated rings. The fourth-order valence-corrected chi connectivity index (χ4v) is 2.42. The predicted molar refractivity (Wildman–Crippen MR) is 70.0 cm³/mol. The van der Waals surface area contributed by atoms with Gasteiger partial charge in [0.05, 0.1) is 25.1 Å². The van der Waals surface area contributed by atoms with E-state index in [1.165, 1.54) is 6.07 Å². The Morgan fingerprint density at radius 3 is 3.05 bits per heavy atom. The molecule has 1 atom stereocenters. The number of hydrogen-bond donors (Lipinski definition) is 0. The molecule has 2 heterocycles. The number of nitro groups is 1. The number of piperidine rings is 1. The fourth-order valence-electron chi connectivity index (χ4n) is 2.42. The first-order valence-electron chi connectivity index (χ1n) is 6.72. The molecule has 7 nitrogen and oxygen atoms in total. The van der Waals surface area contributed by atoms with E-state index in [1.807, 2.05) is 0 Å². The summed E-state index contributed by atoms with van der Waals surface area (Å²) in [6.45, 7) is 4.11. The minimum Gasteiger partial charge on any atom is -0.466 e. The van der Waals surface area contributed by atoms with Gasteiger partial charge in [0.1, 0.15) is 10.7 Å². The third-order valence-corrected chi connectivity index (χ3v) is 3.33. The lowest BCUT2D eigenvalue weighted by molar-refractivity contribution is -0.402. The highest BCUT2D eigenvalue weighted by Crippen LogP contribution is 2.22. The first kappa shape index (κ1) is 14.5. The van der Waals surface area contributed by atoms with Crippen molar-refractivity contribution in [3.63, 3.8) is 0 Å². The van der Waals surface area contributed by atoms with Crippen LogP contribution in [0.1, 0.15) is 25.5 Å². The van der Waals surface area contributed by atoms with E-state index in [2.05, 4.69) is 4.90 Å². The molecule has 1 aliphatic heterocycles. The van der Waals surface area contributed by atoms with Gasteiger partial charge in [-0.15, -0.1) is 0 Å². The summed E-state index contributed by atoms with van der Waals surface area (Å²) in [7, 11) is 0. The predicted octanol–water partition coefficient (Wildman–Crippen LogP) is 1.96. The Labute approximate surface area is 116 Å². The van der Waals surface area contributed by atoms with E-state index in [9.17, 15) is 14.9 Å². The second-order valence-electron chi connectivity index (χ2n) is 4.82. The van der Waals surface area contributed by atoms with Crippen LogP contribution in [0.3, 0.4) is 0 Å². The van der Waals surface area contributed by atoms with Gasteiger partial charge >= 0.3 is 11.9 Å². The Morgan fingerprint density at radius 1 is 1.60 bits per heavy atom. The molecule has 1 aromatic heterocycles. The normalized spacial score (nSPS) is 19.8. The molecule has 0 radical (unpaired) electrons. The van der Waals surface area contributed by atoms with Crippen LogP contribution < -0.4 is 0 Å². The molecular weight excluding hydrogens is 264 g/mol. The Bertz CT molecular complexity index is 485. The monoisotopic (exact) mass is 282 g/mol. The van der Waals surface area contributed by atoms with Gasteiger partial charge < -0.3 is 9.15 Å². The summed E-state index contributed by atoms with van der Waals surface area (Å²) in [6.07, 6.45) is 1.74. The first-order chi connectivity index (χ1) is 9.60. The van der Waals surface area contributed by atoms with Crippen LogP contribution in [-0.4, -0.2) is 35.5 Å². The molecule has 0 N–H and O–H groups in total. The zero-order valence-electron chi connectivity index (χ0n) is 11.4. The van der Waals surface area contributed by atoms with Crippen LogP contribution in [0.25, 0.3) is 0 Å². The molecule has 7 heteroatoms. The van der Waals surface area contributed by atoms with Crippen molar-refractivity contribution in [3.8, 4) is 0 Å². The molecule has 110 valence electrons. The van der Waals surface area contributed by atoms with Crippen molar-refractivity contribution in [3.05, 3.63) is 28.0 Å². The van der Waals surface area contributed by atoms with E-state index >= 15 is 0 Å². The van der Waals surface area contributed by atoms with Gasteiger partial charge in [0.15, 0.2) is 0 Å². The van der Waals surface area contributed by atoms with Crippen LogP contribution in [-0.2, 0) is 16.1 Å². The first-order valence-corrected chi connectivity index (χ1v) is 6.72. The maximum atomic E-state index is 11.7. The average molecular weight is 282 g/mol. The molecule has 1 unspecified atom stereocenters. The van der Waals surface area contributed by atoms with Crippen molar-refractivity contribution in [2.75, 3.05) is 19.7 Å². The molecule has 0 bridgehead atoms. The van der Waals surface area contributed by atoms with Gasteiger partial charge in [0, 0.05) is 6.54 Å². The van der Waals surface area contributed by atoms with Crippen molar-refractivity contribution in [2.24, 2.45) is 5.92 Å². The van der Waals surface area contributed by atoms with Crippen molar-refractivity contribution in [1.82, 2.24) is 4.90 Å². The fraction of sp³-hybridized carbons (Fsp3) is 0.615. The number of ether oxygens (including phenoxy) is 1. The Kier molecular flexibility index (Phi) is 4.73. The zero-order valence-corrected chi connectivity index (χ0v) is 11.4. The lowest BCUT2D eigenvalue weighted by atomic mass is 9.98. The molecule has 0 aliphatic carbocycles. The average Bonchev–Trinajstić information content (AvgIpc) is 2.88. The van der Waals surface area contributed by atoms with E-state index in [1.54, 1.807) is 13.0 Å². The number of nitrogens with zero attached hydrogens (tertiary/aromatic N) is 2. The lowest BCUT2D eigenvalue weighted by Crippen LogP contribution is -2.38. The van der Waals surface area contributed by atoms with Gasteiger partial charge in [0.2, 0.25) is 0 Å². The SMILES string of the molecule is CCOC(=O)C1CCCN(Cc2ccc([N+](=O)[O-])o2)C1. The van der Waals surface area contributed by atoms with Crippen LogP contribution in [0, 0.1) is 16.0 Å². The molecule has 0 spiro atoms. The van der Waals surface area contributed by atoms with Crippen LogP contribution in [0.2, 0.25) is 0 Å². The lowest BCUT2D eigenvalue weighted by Gasteiger charge is -2.30. The number of hydrogen-bond acceptors (Lipinski definition) is 6. The Balaban J connectivity index is 1.92. The quantitative estimate of drug-likeness (QED) is 0.466. The maximum Gasteiger partial charge on any atom is 0.433 e. The summed E-state index contributed by atoms with van der Waals surface area (Å²) in [5.41, 5.74) is 0. The number of carbonyl (C=O) groups is 1. The summed E-state index contributed by atoms with van der Waals surface area (Å²) in [5.74, 6) is 0.0106. The van der Waals surface area contributed by atoms with E-state index in [4.69, 9.17) is 9.15 Å². The highest BCUT2D eigenvalue weighted by molar-refractivity contribution is 5.72. The minimum atomic E-state index is -0.554. The number of furan rings is 1. The number of likely N-dealkylation sites (tertiary alicyclic amines) is 1. The van der Waals surface area contributed by atoms with Gasteiger partial charge in [-0.3, -0.25) is 19.8 Å². The largest absolute Gasteiger partial charge is 0.466 e. The molecule has 1 saturated heterocycles. The second-order valence-corrected chi connectivity index (χ2v) is 4.82. The zero-order chi connectivity index (χ0) is 14.5. The van der Waals surface area contributed by atoms with E-state index in [-0.39, 0.29) is 17.8 Å². The van der Waals surface area contributed by atoms with Crippen LogP contribution in [0.15, 0.2) is 16.5 Å². The van der Waals surface area contributed by atoms with E-state index in [0.29, 0.717) is 25.5 Å². The van der Waals surface area contributed by atoms with Crippen molar-refractivity contribution < 1.29 is 18.9 Å². The molecule has 2 rings (SSSR count). The molecule has 20 heavy (non-hydrogen) atoms. The Hall–Kier alpha value is -1.89. The third-order valence-electron chi connectivity index (χ3n) is 3.33. The topological polar surface area (TPSA) is 85.8 Å². The smallest absolute Gasteiger partial charge is 0.433 e. The van der Waals surface area contributed by atoms with Gasteiger partial charge in [-0.1, -0.05) is 0 Å². The van der Waals surface area contributed by atoms with Gasteiger partial charge in [0.25, 0.3) is 0 Å². The molecular formula is C13H18N2O5. The number of rotatable bonds is 5. The number of carbonyl (C=O) groups excluding carboxylic acids is 1. The summed E-state index contributed by atoms with van der Waals surface area (Å²) in [4.78, 5) is 23.8. The molecule has 1 aliphatic rings. The third kappa shape index (κ3) is 3.57. The highest BCUT2D eigenvalue weighted by Gasteiger charge is 2.27. The molecule has 0 aromatic carbocycles. The van der Waals surface area contributed by atoms with Crippen LogP contribution in [0.5, 0.6) is 0 Å². The van der Waals surface area contributed by atoms with Crippen molar-refractivity contribution in [1.29, 1.82) is 0 Å². The van der Waals surface area contributed by atoms with Crippen LogP contribution >= 0.6 is 0 Å². The van der Waals surface area contributed by atoms with E-state index < -0.39 is 4.92 Å². The van der Waals surface area contributed by atoms with E-state index in [0.717, 1.165) is 19.4 Å². The maximum absolute atomic E-state index is 11.7. The summed E-state index contributed by atoms with van der Waals surface area (Å²) >= 11 is 0. The van der Waals surface area contributed by atoms with Gasteiger partial charge in [-0.2, -0.15) is 0 Å². The minimum absolute atomic E-state index is 0.117. The summed E-state index contributed by atoms with van der Waals surface area (Å²) < 4.78 is 10.2. The second kappa shape index (κ2) is 6.51. The molecule has 0 saturated carbocycles. The molecule has 1 aromatic rings. The van der Waals surface area contributed by atoms with Crippen molar-refractivity contribution in [2.45, 2.75) is 26.3 Å². The highest BCUT2D eigenvalue weighted by atomic mass is 16.6.